The maximum Gasteiger partial charge on any atom is 0.120 e. The third-order valence-corrected chi connectivity index (χ3v) is 5.43. The van der Waals surface area contributed by atoms with Crippen LogP contribution >= 0.6 is 0 Å². The third-order valence-electron chi connectivity index (χ3n) is 5.43. The molecule has 1 fully saturated rings. The molecule has 0 spiro atoms. The van der Waals surface area contributed by atoms with Gasteiger partial charge in [-0.05, 0) is 49.6 Å². The molecule has 4 atom stereocenters. The van der Waals surface area contributed by atoms with Crippen molar-refractivity contribution >= 4 is 0 Å². The number of hydrogen-bond donors (Lipinski definition) is 4. The van der Waals surface area contributed by atoms with Crippen LogP contribution in [0.3, 0.4) is 0 Å². The molecule has 27 heavy (non-hydrogen) atoms. The molecule has 0 aliphatic carbocycles. The van der Waals surface area contributed by atoms with Crippen LogP contribution in [0.25, 0.3) is 0 Å². The Bertz CT molecular complexity index is 731. The van der Waals surface area contributed by atoms with E-state index in [9.17, 15) is 15.3 Å². The zero-order chi connectivity index (χ0) is 19.4. The summed E-state index contributed by atoms with van der Waals surface area (Å²) in [6.45, 7) is 4.57. The smallest absolute Gasteiger partial charge is 0.120 e. The number of aliphatic hydroxyl groups is 2. The second kappa shape index (κ2) is 8.30. The van der Waals surface area contributed by atoms with E-state index in [0.29, 0.717) is 31.6 Å². The van der Waals surface area contributed by atoms with Crippen LogP contribution in [0, 0.1) is 12.8 Å². The summed E-state index contributed by atoms with van der Waals surface area (Å²) in [5.41, 5.74) is 1.15. The van der Waals surface area contributed by atoms with E-state index < -0.39 is 17.7 Å². The van der Waals surface area contributed by atoms with Crippen molar-refractivity contribution < 1.29 is 20.1 Å². The van der Waals surface area contributed by atoms with Gasteiger partial charge in [-0.1, -0.05) is 36.8 Å². The number of rotatable bonds is 6. The van der Waals surface area contributed by atoms with E-state index in [2.05, 4.69) is 5.32 Å². The van der Waals surface area contributed by atoms with E-state index in [-0.39, 0.29) is 11.9 Å². The lowest BCUT2D eigenvalue weighted by molar-refractivity contribution is -0.146. The number of aromatic hydroxyl groups is 1. The number of ether oxygens (including phenoxy) is 1. The molecule has 1 aliphatic rings. The summed E-state index contributed by atoms with van der Waals surface area (Å²) in [5.74, 6) is 0.298. The van der Waals surface area contributed by atoms with E-state index in [1.165, 1.54) is 5.56 Å². The molecule has 1 saturated heterocycles. The highest BCUT2D eigenvalue weighted by molar-refractivity contribution is 5.30. The molecule has 4 unspecified atom stereocenters. The normalized spacial score (nSPS) is 26.5. The van der Waals surface area contributed by atoms with Crippen molar-refractivity contribution in [3.8, 4) is 11.5 Å². The first kappa shape index (κ1) is 19.7. The summed E-state index contributed by atoms with van der Waals surface area (Å²) < 4.78 is 6.11. The van der Waals surface area contributed by atoms with Crippen LogP contribution in [0.2, 0.25) is 0 Å². The van der Waals surface area contributed by atoms with E-state index in [1.54, 1.807) is 24.3 Å². The van der Waals surface area contributed by atoms with Crippen molar-refractivity contribution in [2.24, 2.45) is 5.92 Å². The largest absolute Gasteiger partial charge is 0.508 e. The zero-order valence-electron chi connectivity index (χ0n) is 15.9. The summed E-state index contributed by atoms with van der Waals surface area (Å²) in [6, 6.07) is 14.7. The molecule has 0 bridgehead atoms. The molecule has 0 aromatic heterocycles. The van der Waals surface area contributed by atoms with Gasteiger partial charge in [0.2, 0.25) is 0 Å². The summed E-state index contributed by atoms with van der Waals surface area (Å²) in [7, 11) is 0. The summed E-state index contributed by atoms with van der Waals surface area (Å²) in [5, 5.41) is 34.7. The quantitative estimate of drug-likeness (QED) is 0.628. The number of aryl methyl sites for hydroxylation is 1. The average Bonchev–Trinajstić information content (AvgIpc) is 2.64. The molecule has 5 heteroatoms. The molecular formula is C22H29NO4. The number of phenolic OH excluding ortho intramolecular Hbond substituents is 1. The van der Waals surface area contributed by atoms with Crippen LogP contribution in [0.5, 0.6) is 11.5 Å². The number of piperidine rings is 1. The molecule has 3 rings (SSSR count). The molecule has 2 aromatic rings. The zero-order valence-corrected chi connectivity index (χ0v) is 15.9. The maximum absolute atomic E-state index is 11.5. The molecule has 0 saturated carbocycles. The topological polar surface area (TPSA) is 82.0 Å². The lowest BCUT2D eigenvalue weighted by Gasteiger charge is -2.46. The van der Waals surface area contributed by atoms with Crippen molar-refractivity contribution in [3.63, 3.8) is 0 Å². The number of aliphatic hydroxyl groups excluding tert-OH is 1. The minimum Gasteiger partial charge on any atom is -0.508 e. The first-order chi connectivity index (χ1) is 12.9. The van der Waals surface area contributed by atoms with Gasteiger partial charge in [0.25, 0.3) is 0 Å². The summed E-state index contributed by atoms with van der Waals surface area (Å²) >= 11 is 0. The lowest BCUT2D eigenvalue weighted by Crippen LogP contribution is -2.62. The minimum atomic E-state index is -1.07. The summed E-state index contributed by atoms with van der Waals surface area (Å²) in [6.07, 6.45) is 0.425. The van der Waals surface area contributed by atoms with Crippen molar-refractivity contribution in [2.45, 2.75) is 51.0 Å². The number of benzene rings is 2. The molecule has 1 heterocycles. The maximum atomic E-state index is 11.5. The van der Waals surface area contributed by atoms with Gasteiger partial charge in [-0.3, -0.25) is 5.32 Å². The Balaban J connectivity index is 1.84. The van der Waals surface area contributed by atoms with Crippen LogP contribution < -0.4 is 10.1 Å². The highest BCUT2D eigenvalue weighted by Gasteiger charge is 2.48. The Hall–Kier alpha value is -2.08. The second-order valence-electron chi connectivity index (χ2n) is 7.50. The first-order valence-electron chi connectivity index (χ1n) is 9.56. The Kier molecular flexibility index (Phi) is 6.05. The van der Waals surface area contributed by atoms with Gasteiger partial charge in [0.05, 0.1) is 11.5 Å². The van der Waals surface area contributed by atoms with Crippen molar-refractivity contribution in [3.05, 3.63) is 59.7 Å². The third kappa shape index (κ3) is 4.61. The van der Waals surface area contributed by atoms with Crippen molar-refractivity contribution in [1.29, 1.82) is 0 Å². The van der Waals surface area contributed by atoms with Crippen LogP contribution in [0.15, 0.2) is 48.5 Å². The Morgan fingerprint density at radius 1 is 1.15 bits per heavy atom. The van der Waals surface area contributed by atoms with Crippen molar-refractivity contribution in [2.75, 3.05) is 6.54 Å². The van der Waals surface area contributed by atoms with Crippen LogP contribution in [0.4, 0.5) is 0 Å². The monoisotopic (exact) mass is 371 g/mol. The molecule has 0 amide bonds. The van der Waals surface area contributed by atoms with E-state index >= 15 is 0 Å². The molecule has 5 nitrogen and oxygen atoms in total. The average molecular weight is 371 g/mol. The predicted molar refractivity (Wildman–Crippen MR) is 105 cm³/mol. The standard InChI is InChI=1S/C22H29NO4/c1-3-19(27-18-10-8-17(24)9-11-18)20-21(25)23-13-12-22(20,26)14-16-6-4-15(2)5-7-16/h4-11,19-21,23-26H,3,12-14H2,1-2H3. The van der Waals surface area contributed by atoms with E-state index in [0.717, 1.165) is 5.56 Å². The number of phenols is 1. The van der Waals surface area contributed by atoms with E-state index in [4.69, 9.17) is 4.74 Å². The SMILES string of the molecule is CCC(Oc1ccc(O)cc1)C1C(O)NCCC1(O)Cc1ccc(C)cc1. The Morgan fingerprint density at radius 2 is 1.81 bits per heavy atom. The predicted octanol–water partition coefficient (Wildman–Crippen LogP) is 2.76. The molecule has 0 radical (unpaired) electrons. The minimum absolute atomic E-state index is 0.172. The van der Waals surface area contributed by atoms with Gasteiger partial charge in [-0.15, -0.1) is 0 Å². The summed E-state index contributed by atoms with van der Waals surface area (Å²) in [4.78, 5) is 0. The van der Waals surface area contributed by atoms with Gasteiger partial charge >= 0.3 is 0 Å². The molecule has 146 valence electrons. The van der Waals surface area contributed by atoms with Gasteiger partial charge in [-0.25, -0.2) is 0 Å². The highest BCUT2D eigenvalue weighted by atomic mass is 16.5. The fourth-order valence-corrected chi connectivity index (χ4v) is 3.95. The van der Waals surface area contributed by atoms with Crippen molar-refractivity contribution in [1.82, 2.24) is 5.32 Å². The highest BCUT2D eigenvalue weighted by Crippen LogP contribution is 2.36. The fraction of sp³-hybridized carbons (Fsp3) is 0.455. The van der Waals surface area contributed by atoms with Gasteiger partial charge in [0.15, 0.2) is 0 Å². The Morgan fingerprint density at radius 3 is 2.44 bits per heavy atom. The Labute approximate surface area is 160 Å². The van der Waals surface area contributed by atoms with Gasteiger partial charge < -0.3 is 20.1 Å². The lowest BCUT2D eigenvalue weighted by atomic mass is 9.73. The molecular weight excluding hydrogens is 342 g/mol. The van der Waals surface area contributed by atoms with Gasteiger partial charge in [0, 0.05) is 13.0 Å². The van der Waals surface area contributed by atoms with Crippen LogP contribution in [-0.4, -0.2) is 39.8 Å². The second-order valence-corrected chi connectivity index (χ2v) is 7.50. The molecule has 2 aromatic carbocycles. The molecule has 1 aliphatic heterocycles. The first-order valence-corrected chi connectivity index (χ1v) is 9.56. The number of nitrogens with one attached hydrogen (secondary N) is 1. The van der Waals surface area contributed by atoms with Crippen LogP contribution in [-0.2, 0) is 6.42 Å². The van der Waals surface area contributed by atoms with Crippen LogP contribution in [0.1, 0.15) is 30.9 Å². The molecule has 4 N–H and O–H groups in total. The number of hydrogen-bond acceptors (Lipinski definition) is 5. The van der Waals surface area contributed by atoms with E-state index in [1.807, 2.05) is 38.1 Å². The van der Waals surface area contributed by atoms with Gasteiger partial charge in [0.1, 0.15) is 23.8 Å². The fourth-order valence-electron chi connectivity index (χ4n) is 3.95. The van der Waals surface area contributed by atoms with Gasteiger partial charge in [-0.2, -0.15) is 0 Å².